The molecule has 28 heavy (non-hydrogen) atoms. The lowest BCUT2D eigenvalue weighted by molar-refractivity contribution is -0.119. The molecule has 0 amide bonds. The van der Waals surface area contributed by atoms with E-state index in [0.717, 1.165) is 17.0 Å². The Bertz CT molecular complexity index is 1180. The van der Waals surface area contributed by atoms with Gasteiger partial charge in [0.1, 0.15) is 0 Å². The van der Waals surface area contributed by atoms with E-state index in [2.05, 4.69) is 22.2 Å². The first-order valence-corrected chi connectivity index (χ1v) is 10.0. The molecular formula is C22H25N3O2S. The van der Waals surface area contributed by atoms with Crippen LogP contribution in [0, 0.1) is 19.3 Å². The van der Waals surface area contributed by atoms with Gasteiger partial charge in [-0.15, -0.1) is 11.3 Å². The van der Waals surface area contributed by atoms with E-state index in [9.17, 15) is 9.59 Å². The van der Waals surface area contributed by atoms with Gasteiger partial charge >= 0.3 is 0 Å². The fourth-order valence-corrected chi connectivity index (χ4v) is 3.69. The van der Waals surface area contributed by atoms with Crippen molar-refractivity contribution >= 4 is 29.3 Å². The van der Waals surface area contributed by atoms with Crippen molar-refractivity contribution in [2.24, 2.45) is 5.41 Å². The quantitative estimate of drug-likeness (QED) is 0.738. The number of hydrogen-bond acceptors (Lipinski definition) is 4. The van der Waals surface area contributed by atoms with Crippen LogP contribution in [-0.4, -0.2) is 20.5 Å². The van der Waals surface area contributed by atoms with Gasteiger partial charge in [-0.2, -0.15) is 5.10 Å². The van der Waals surface area contributed by atoms with Gasteiger partial charge < -0.3 is 4.98 Å². The van der Waals surface area contributed by atoms with Crippen molar-refractivity contribution in [2.75, 3.05) is 0 Å². The summed E-state index contributed by atoms with van der Waals surface area (Å²) >= 11 is 1.29. The Morgan fingerprint density at radius 1 is 1.21 bits per heavy atom. The molecule has 0 aliphatic rings. The number of aromatic amines is 1. The Kier molecular flexibility index (Phi) is 5.52. The van der Waals surface area contributed by atoms with Crippen LogP contribution in [0.4, 0.5) is 0 Å². The summed E-state index contributed by atoms with van der Waals surface area (Å²) in [6.07, 6.45) is 3.38. The topological polar surface area (TPSA) is 67.8 Å². The molecule has 0 unspecified atom stereocenters. The number of aromatic nitrogens is 3. The zero-order valence-electron chi connectivity index (χ0n) is 16.9. The molecule has 2 aromatic heterocycles. The van der Waals surface area contributed by atoms with Crippen LogP contribution in [0.3, 0.4) is 0 Å². The standard InChI is InChI=1S/C22H25N3O2S/c1-14-17(15(2)25(24-14)13-16-9-7-6-8-10-16)11-18-21(27)23-20(28-18)12-19(26)22(3,4)5/h6-12H,13H2,1-5H3,(H,23,27)/b18-11-,20-12+. The van der Waals surface area contributed by atoms with Crippen LogP contribution < -0.4 is 14.8 Å². The van der Waals surface area contributed by atoms with Crippen LogP contribution in [0.2, 0.25) is 0 Å². The Labute approximate surface area is 168 Å². The first kappa shape index (κ1) is 20.0. The highest BCUT2D eigenvalue weighted by Gasteiger charge is 2.18. The van der Waals surface area contributed by atoms with Gasteiger partial charge in [0.25, 0.3) is 5.56 Å². The summed E-state index contributed by atoms with van der Waals surface area (Å²) in [5, 5.41) is 4.63. The second-order valence-corrected chi connectivity index (χ2v) is 9.00. The minimum atomic E-state index is -0.476. The summed E-state index contributed by atoms with van der Waals surface area (Å²) in [4.78, 5) is 27.3. The molecular weight excluding hydrogens is 370 g/mol. The highest BCUT2D eigenvalue weighted by Crippen LogP contribution is 2.16. The number of aryl methyl sites for hydroxylation is 1. The van der Waals surface area contributed by atoms with E-state index in [1.165, 1.54) is 23.0 Å². The van der Waals surface area contributed by atoms with Crippen LogP contribution in [0.1, 0.15) is 43.3 Å². The van der Waals surface area contributed by atoms with Crippen molar-refractivity contribution in [3.05, 3.63) is 72.4 Å². The first-order chi connectivity index (χ1) is 13.1. The molecule has 5 nitrogen and oxygen atoms in total. The van der Waals surface area contributed by atoms with Crippen molar-refractivity contribution in [3.8, 4) is 0 Å². The predicted molar refractivity (Wildman–Crippen MR) is 114 cm³/mol. The van der Waals surface area contributed by atoms with E-state index in [4.69, 9.17) is 0 Å². The number of H-pyrrole nitrogens is 1. The van der Waals surface area contributed by atoms with Gasteiger partial charge in [-0.3, -0.25) is 14.3 Å². The van der Waals surface area contributed by atoms with Crippen LogP contribution in [0.5, 0.6) is 0 Å². The lowest BCUT2D eigenvalue weighted by Gasteiger charge is -2.12. The minimum absolute atomic E-state index is 0.0143. The number of rotatable bonds is 4. The second kappa shape index (κ2) is 7.72. The summed E-state index contributed by atoms with van der Waals surface area (Å²) in [7, 11) is 0. The SMILES string of the molecule is Cc1nn(Cc2ccccc2)c(C)c1/C=c1\s/c(=C/C(=O)C(C)(C)C)[nH]c1=O. The molecule has 3 aromatic rings. The Balaban J connectivity index is 2.00. The summed E-state index contributed by atoms with van der Waals surface area (Å²) < 4.78 is 3.09. The van der Waals surface area contributed by atoms with E-state index in [1.807, 2.05) is 63.6 Å². The van der Waals surface area contributed by atoms with E-state index in [1.54, 1.807) is 0 Å². The van der Waals surface area contributed by atoms with E-state index in [0.29, 0.717) is 15.7 Å². The van der Waals surface area contributed by atoms with Crippen LogP contribution in [0.15, 0.2) is 35.1 Å². The van der Waals surface area contributed by atoms with Crippen LogP contribution in [0.25, 0.3) is 12.2 Å². The molecule has 0 spiro atoms. The van der Waals surface area contributed by atoms with Gasteiger partial charge in [0, 0.05) is 22.7 Å². The number of hydrogen-bond donors (Lipinski definition) is 1. The van der Waals surface area contributed by atoms with Gasteiger partial charge in [0.2, 0.25) is 0 Å². The molecule has 0 radical (unpaired) electrons. The fourth-order valence-electron chi connectivity index (χ4n) is 2.82. The van der Waals surface area contributed by atoms with Crippen molar-refractivity contribution in [3.63, 3.8) is 0 Å². The first-order valence-electron chi connectivity index (χ1n) is 9.20. The lowest BCUT2D eigenvalue weighted by atomic mass is 9.91. The number of carbonyl (C=O) groups excluding carboxylic acids is 1. The zero-order valence-corrected chi connectivity index (χ0v) is 17.7. The molecule has 0 aliphatic heterocycles. The maximum atomic E-state index is 12.4. The number of nitrogens with zero attached hydrogens (tertiary/aromatic N) is 2. The van der Waals surface area contributed by atoms with E-state index >= 15 is 0 Å². The van der Waals surface area contributed by atoms with Crippen molar-refractivity contribution in [1.82, 2.24) is 14.8 Å². The lowest BCUT2D eigenvalue weighted by Crippen LogP contribution is -2.22. The molecule has 2 heterocycles. The number of Topliss-reactive ketones (excluding diaryl/α,β-unsaturated/α-hetero) is 1. The van der Waals surface area contributed by atoms with Crippen molar-refractivity contribution < 1.29 is 4.79 Å². The van der Waals surface area contributed by atoms with Crippen LogP contribution in [-0.2, 0) is 11.3 Å². The highest BCUT2D eigenvalue weighted by atomic mass is 32.1. The second-order valence-electron chi connectivity index (χ2n) is 7.92. The normalized spacial score (nSPS) is 13.3. The molecule has 1 N–H and O–H groups in total. The summed E-state index contributed by atoms with van der Waals surface area (Å²) in [6, 6.07) is 10.1. The molecule has 0 atom stereocenters. The summed E-state index contributed by atoms with van der Waals surface area (Å²) in [6.45, 7) is 10.2. The average Bonchev–Trinajstić information content (AvgIpc) is 3.09. The molecule has 0 saturated heterocycles. The molecule has 0 saturated carbocycles. The summed E-state index contributed by atoms with van der Waals surface area (Å²) in [5.74, 6) is -0.0143. The number of thiazole rings is 1. The number of ketones is 1. The maximum absolute atomic E-state index is 12.4. The number of carbonyl (C=O) groups is 1. The number of benzene rings is 1. The fraction of sp³-hybridized carbons (Fsp3) is 0.318. The molecule has 146 valence electrons. The van der Waals surface area contributed by atoms with Gasteiger partial charge in [0.15, 0.2) is 5.78 Å². The third-order valence-electron chi connectivity index (χ3n) is 4.57. The third kappa shape index (κ3) is 4.39. The predicted octanol–water partition coefficient (Wildman–Crippen LogP) is 2.52. The molecule has 1 aromatic carbocycles. The minimum Gasteiger partial charge on any atom is -0.313 e. The van der Waals surface area contributed by atoms with Crippen molar-refractivity contribution in [1.29, 1.82) is 0 Å². The highest BCUT2D eigenvalue weighted by molar-refractivity contribution is 7.07. The Morgan fingerprint density at radius 3 is 2.54 bits per heavy atom. The van der Waals surface area contributed by atoms with E-state index in [-0.39, 0.29) is 11.3 Å². The van der Waals surface area contributed by atoms with Crippen molar-refractivity contribution in [2.45, 2.75) is 41.2 Å². The largest absolute Gasteiger partial charge is 0.313 e. The summed E-state index contributed by atoms with van der Waals surface area (Å²) in [5.41, 5.74) is 3.33. The van der Waals surface area contributed by atoms with Gasteiger partial charge in [-0.25, -0.2) is 0 Å². The average molecular weight is 396 g/mol. The Hall–Kier alpha value is -2.73. The van der Waals surface area contributed by atoms with Gasteiger partial charge in [-0.05, 0) is 25.5 Å². The van der Waals surface area contributed by atoms with Crippen LogP contribution >= 0.6 is 11.3 Å². The smallest absolute Gasteiger partial charge is 0.266 e. The molecule has 0 fully saturated rings. The molecule has 6 heteroatoms. The van der Waals surface area contributed by atoms with Gasteiger partial charge in [0.05, 0.1) is 21.4 Å². The van der Waals surface area contributed by atoms with Gasteiger partial charge in [-0.1, -0.05) is 51.1 Å². The maximum Gasteiger partial charge on any atom is 0.266 e. The monoisotopic (exact) mass is 395 g/mol. The molecule has 3 rings (SSSR count). The zero-order chi connectivity index (χ0) is 20.5. The van der Waals surface area contributed by atoms with E-state index < -0.39 is 5.41 Å². The third-order valence-corrected chi connectivity index (χ3v) is 5.53. The molecule has 0 aliphatic carbocycles. The Morgan fingerprint density at radius 2 is 1.89 bits per heavy atom. The number of nitrogens with one attached hydrogen (secondary N) is 1. The molecule has 0 bridgehead atoms.